The molecule has 0 aliphatic carbocycles. The van der Waals surface area contributed by atoms with Crippen LogP contribution in [0.4, 0.5) is 11.4 Å². The van der Waals surface area contributed by atoms with E-state index in [2.05, 4.69) is 10.6 Å². The summed E-state index contributed by atoms with van der Waals surface area (Å²) >= 11 is 0. The maximum atomic E-state index is 11.9. The van der Waals surface area contributed by atoms with Gasteiger partial charge in [0.05, 0.1) is 22.4 Å². The largest absolute Gasteiger partial charge is 0.459 e. The molecule has 2 N–H and O–H groups in total. The highest BCUT2D eigenvalue weighted by molar-refractivity contribution is 5.94. The van der Waals surface area contributed by atoms with Gasteiger partial charge in [-0.25, -0.2) is 0 Å². The van der Waals surface area contributed by atoms with Crippen LogP contribution in [0, 0.1) is 17.0 Å². The number of benzene rings is 1. The Morgan fingerprint density at radius 3 is 2.68 bits per heavy atom. The number of nitro benzene ring substituents is 1. The predicted molar refractivity (Wildman–Crippen MR) is 97.7 cm³/mol. The van der Waals surface area contributed by atoms with E-state index >= 15 is 0 Å². The number of nitrogens with zero attached hydrogens (tertiary/aromatic N) is 1. The first-order valence-corrected chi connectivity index (χ1v) is 8.39. The van der Waals surface area contributed by atoms with Gasteiger partial charge in [-0.2, -0.15) is 0 Å². The molecule has 0 spiro atoms. The average Bonchev–Trinajstić information content (AvgIpc) is 3.19. The third-order valence-corrected chi connectivity index (χ3v) is 3.73. The molecule has 0 atom stereocenters. The number of carbonyl (C=O) groups excluding carboxylic acids is 3. The summed E-state index contributed by atoms with van der Waals surface area (Å²) < 4.78 is 9.79. The molecule has 0 radical (unpaired) electrons. The molecule has 2 aromatic rings. The summed E-state index contributed by atoms with van der Waals surface area (Å²) in [5, 5.41) is 16.0. The van der Waals surface area contributed by atoms with Gasteiger partial charge in [0.2, 0.25) is 0 Å². The van der Waals surface area contributed by atoms with Crippen LogP contribution in [-0.2, 0) is 14.3 Å². The van der Waals surface area contributed by atoms with Crippen LogP contribution in [-0.4, -0.2) is 35.9 Å². The number of furan rings is 1. The van der Waals surface area contributed by atoms with Crippen molar-refractivity contribution in [1.82, 2.24) is 5.32 Å². The van der Waals surface area contributed by atoms with Crippen molar-refractivity contribution in [1.29, 1.82) is 0 Å². The van der Waals surface area contributed by atoms with Crippen molar-refractivity contribution < 1.29 is 28.5 Å². The van der Waals surface area contributed by atoms with E-state index in [9.17, 15) is 24.5 Å². The van der Waals surface area contributed by atoms with E-state index in [0.717, 1.165) is 0 Å². The van der Waals surface area contributed by atoms with Crippen molar-refractivity contribution in [2.45, 2.75) is 19.8 Å². The van der Waals surface area contributed by atoms with E-state index in [1.54, 1.807) is 6.07 Å². The second-order valence-electron chi connectivity index (χ2n) is 5.75. The Morgan fingerprint density at radius 2 is 2.00 bits per heavy atom. The van der Waals surface area contributed by atoms with Gasteiger partial charge >= 0.3 is 5.97 Å². The lowest BCUT2D eigenvalue weighted by molar-refractivity contribution is -0.385. The summed E-state index contributed by atoms with van der Waals surface area (Å²) in [6.07, 6.45) is 1.73. The number of anilines is 1. The monoisotopic (exact) mass is 389 g/mol. The SMILES string of the molecule is Cc1c(NC(=O)COC(=O)CCCNC(=O)c2ccco2)cccc1[N+](=O)[O-]. The van der Waals surface area contributed by atoms with Crippen LogP contribution in [0.15, 0.2) is 41.0 Å². The van der Waals surface area contributed by atoms with Crippen LogP contribution in [0.2, 0.25) is 0 Å². The highest BCUT2D eigenvalue weighted by atomic mass is 16.6. The van der Waals surface area contributed by atoms with Crippen LogP contribution in [0.3, 0.4) is 0 Å². The van der Waals surface area contributed by atoms with E-state index in [1.165, 1.54) is 37.5 Å². The summed E-state index contributed by atoms with van der Waals surface area (Å²) in [6.45, 7) is 1.24. The zero-order valence-corrected chi connectivity index (χ0v) is 15.1. The normalized spacial score (nSPS) is 10.2. The van der Waals surface area contributed by atoms with Gasteiger partial charge in [0, 0.05) is 19.0 Å². The number of ether oxygens (including phenoxy) is 1. The van der Waals surface area contributed by atoms with Gasteiger partial charge in [-0.15, -0.1) is 0 Å². The first kappa shape index (κ1) is 20.6. The molecule has 0 aliphatic rings. The summed E-state index contributed by atoms with van der Waals surface area (Å²) in [5.74, 6) is -1.41. The van der Waals surface area contributed by atoms with Crippen molar-refractivity contribution >= 4 is 29.2 Å². The minimum Gasteiger partial charge on any atom is -0.459 e. The molecule has 0 bridgehead atoms. The van der Waals surface area contributed by atoms with Crippen LogP contribution in [0.1, 0.15) is 29.0 Å². The van der Waals surface area contributed by atoms with Crippen molar-refractivity contribution in [2.75, 3.05) is 18.5 Å². The quantitative estimate of drug-likeness (QED) is 0.290. The Balaban J connectivity index is 1.68. The third kappa shape index (κ3) is 5.94. The van der Waals surface area contributed by atoms with Crippen molar-refractivity contribution in [3.8, 4) is 0 Å². The number of hydrogen-bond donors (Lipinski definition) is 2. The lowest BCUT2D eigenvalue weighted by atomic mass is 10.1. The van der Waals surface area contributed by atoms with Crippen LogP contribution < -0.4 is 10.6 Å². The second-order valence-corrected chi connectivity index (χ2v) is 5.75. The first-order chi connectivity index (χ1) is 13.4. The minimum atomic E-state index is -0.608. The molecule has 1 heterocycles. The van der Waals surface area contributed by atoms with Gasteiger partial charge in [0.1, 0.15) is 0 Å². The molecule has 148 valence electrons. The average molecular weight is 389 g/mol. The number of hydrogen-bond acceptors (Lipinski definition) is 7. The van der Waals surface area contributed by atoms with Gasteiger partial charge in [0.25, 0.3) is 17.5 Å². The Morgan fingerprint density at radius 1 is 1.21 bits per heavy atom. The second kappa shape index (κ2) is 9.86. The van der Waals surface area contributed by atoms with Crippen molar-refractivity contribution in [3.05, 3.63) is 58.0 Å². The van der Waals surface area contributed by atoms with Gasteiger partial charge in [-0.05, 0) is 31.5 Å². The molecule has 1 aromatic carbocycles. The Bertz CT molecular complexity index is 862. The Hall–Kier alpha value is -3.69. The van der Waals surface area contributed by atoms with Gasteiger partial charge in [-0.3, -0.25) is 24.5 Å². The lowest BCUT2D eigenvalue weighted by Crippen LogP contribution is -2.25. The fraction of sp³-hybridized carbons (Fsp3) is 0.278. The number of amides is 2. The van der Waals surface area contributed by atoms with Crippen LogP contribution >= 0.6 is 0 Å². The molecule has 0 aliphatic heterocycles. The zero-order valence-electron chi connectivity index (χ0n) is 15.1. The number of esters is 1. The Labute approximate surface area is 160 Å². The standard InChI is InChI=1S/C18H19N3O7/c1-12-13(5-2-6-14(12)21(25)26)20-16(22)11-28-17(23)8-3-9-19-18(24)15-7-4-10-27-15/h2,4-7,10H,3,8-9,11H2,1H3,(H,19,24)(H,20,22). The molecular weight excluding hydrogens is 370 g/mol. The van der Waals surface area contributed by atoms with Gasteiger partial charge in [0.15, 0.2) is 12.4 Å². The smallest absolute Gasteiger partial charge is 0.306 e. The van der Waals surface area contributed by atoms with Crippen LogP contribution in [0.5, 0.6) is 0 Å². The summed E-state index contributed by atoms with van der Waals surface area (Å²) in [6, 6.07) is 7.40. The summed E-state index contributed by atoms with van der Waals surface area (Å²) in [7, 11) is 0. The number of nitro groups is 1. The fourth-order valence-corrected chi connectivity index (χ4v) is 2.29. The molecule has 2 amide bonds. The molecule has 0 saturated heterocycles. The third-order valence-electron chi connectivity index (χ3n) is 3.73. The molecule has 2 rings (SSSR count). The number of nitrogens with one attached hydrogen (secondary N) is 2. The topological polar surface area (TPSA) is 141 Å². The van der Waals surface area contributed by atoms with Gasteiger partial charge < -0.3 is 19.8 Å². The Kier molecular flexibility index (Phi) is 7.26. The minimum absolute atomic E-state index is 0.0154. The lowest BCUT2D eigenvalue weighted by Gasteiger charge is -2.09. The van der Waals surface area contributed by atoms with Crippen LogP contribution in [0.25, 0.3) is 0 Å². The summed E-state index contributed by atoms with van der Waals surface area (Å²) in [5.41, 5.74) is 0.460. The predicted octanol–water partition coefficient (Wildman–Crippen LogP) is 2.19. The molecule has 10 nitrogen and oxygen atoms in total. The maximum Gasteiger partial charge on any atom is 0.306 e. The number of carbonyl (C=O) groups is 3. The molecule has 1 aromatic heterocycles. The van der Waals surface area contributed by atoms with Crippen molar-refractivity contribution in [2.24, 2.45) is 0 Å². The highest BCUT2D eigenvalue weighted by Crippen LogP contribution is 2.24. The van der Waals surface area contributed by atoms with E-state index in [1.807, 2.05) is 0 Å². The van der Waals surface area contributed by atoms with Crippen molar-refractivity contribution in [3.63, 3.8) is 0 Å². The molecule has 10 heteroatoms. The molecule has 0 saturated carbocycles. The van der Waals surface area contributed by atoms with E-state index in [0.29, 0.717) is 12.0 Å². The van der Waals surface area contributed by atoms with E-state index in [-0.39, 0.29) is 36.0 Å². The number of rotatable bonds is 9. The molecule has 0 fully saturated rings. The molecule has 28 heavy (non-hydrogen) atoms. The van der Waals surface area contributed by atoms with E-state index in [4.69, 9.17) is 9.15 Å². The fourth-order valence-electron chi connectivity index (χ4n) is 2.29. The first-order valence-electron chi connectivity index (χ1n) is 8.39. The molecular formula is C18H19N3O7. The maximum absolute atomic E-state index is 11.9. The zero-order chi connectivity index (χ0) is 20.5. The van der Waals surface area contributed by atoms with Gasteiger partial charge in [-0.1, -0.05) is 6.07 Å². The molecule has 0 unspecified atom stereocenters. The summed E-state index contributed by atoms with van der Waals surface area (Å²) in [4.78, 5) is 45.5. The van der Waals surface area contributed by atoms with E-state index < -0.39 is 23.4 Å². The highest BCUT2D eigenvalue weighted by Gasteiger charge is 2.15.